The number of carbonyl (C=O) groups excluding carboxylic acids is 1. The summed E-state index contributed by atoms with van der Waals surface area (Å²) < 4.78 is 31.6. The minimum absolute atomic E-state index is 0.272. The fourth-order valence-electron chi connectivity index (χ4n) is 4.54. The number of carbonyl (C=O) groups is 1. The molecule has 37 heavy (non-hydrogen) atoms. The lowest BCUT2D eigenvalue weighted by Gasteiger charge is -2.17. The molecule has 0 N–H and O–H groups in total. The van der Waals surface area contributed by atoms with Crippen LogP contribution in [-0.2, 0) is 23.4 Å². The molecule has 0 aliphatic carbocycles. The minimum Gasteiger partial charge on any atom is -0.494 e. The molecule has 0 amide bonds. The molecule has 0 unspecified atom stereocenters. The van der Waals surface area contributed by atoms with Crippen LogP contribution in [0.2, 0.25) is 0 Å². The van der Waals surface area contributed by atoms with Gasteiger partial charge < -0.3 is 9.47 Å². The lowest BCUT2D eigenvalue weighted by molar-refractivity contribution is 0.103. The Morgan fingerprint density at radius 3 is 2.57 bits per heavy atom. The highest BCUT2D eigenvalue weighted by Crippen LogP contribution is 2.41. The lowest BCUT2D eigenvalue weighted by Crippen LogP contribution is -2.16. The molecular weight excluding hydrogens is 554 g/mol. The zero-order chi connectivity index (χ0) is 26.0. The van der Waals surface area contributed by atoms with Gasteiger partial charge in [-0.15, -0.1) is 0 Å². The van der Waals surface area contributed by atoms with Gasteiger partial charge in [0.1, 0.15) is 23.6 Å². The average Bonchev–Trinajstić information content (AvgIpc) is 3.28. The lowest BCUT2D eigenvalue weighted by atomic mass is 10.0. The van der Waals surface area contributed by atoms with Gasteiger partial charge in [0.15, 0.2) is 0 Å². The third kappa shape index (κ3) is 5.29. The van der Waals surface area contributed by atoms with Gasteiger partial charge in [0.25, 0.3) is 0 Å². The number of benzene rings is 3. The molecule has 9 heteroatoms. The van der Waals surface area contributed by atoms with Crippen LogP contribution < -0.4 is 9.47 Å². The van der Waals surface area contributed by atoms with Crippen molar-refractivity contribution in [3.05, 3.63) is 82.0 Å². The van der Waals surface area contributed by atoms with Crippen LogP contribution in [0.4, 0.5) is 5.69 Å². The number of fused-ring (bicyclic) bond motifs is 1. The second kappa shape index (κ2) is 10.7. The summed E-state index contributed by atoms with van der Waals surface area (Å²) in [6.45, 7) is 0.289. The van der Waals surface area contributed by atoms with Crippen molar-refractivity contribution in [1.29, 1.82) is 0 Å². The number of ether oxygens (including phenoxy) is 2. The molecular formula is C28H28BrN3O4S. The topological polar surface area (TPSA) is 82.8 Å². The van der Waals surface area contributed by atoms with Crippen molar-refractivity contribution in [3.63, 3.8) is 0 Å². The van der Waals surface area contributed by atoms with E-state index in [-0.39, 0.29) is 12.4 Å². The van der Waals surface area contributed by atoms with Crippen molar-refractivity contribution in [1.82, 2.24) is 9.78 Å². The van der Waals surface area contributed by atoms with Crippen LogP contribution in [0.3, 0.4) is 0 Å². The predicted molar refractivity (Wildman–Crippen MR) is 149 cm³/mol. The number of ketones is 1. The standard InChI is InChI=1S/C28H28BrN3O4S/c1-32-28(36-18-19-10-11-20-8-4-5-9-21(20)16-19)23(17-30-32)27(33)22-12-13-24(35-2)26(25(22)29)31-37(34)14-6-3-7-15-37/h4-5,8-13,16-17H,3,6-7,14-15,18H2,1-2H3. The Morgan fingerprint density at radius 2 is 1.81 bits per heavy atom. The first-order chi connectivity index (χ1) is 17.9. The highest BCUT2D eigenvalue weighted by atomic mass is 79.9. The van der Waals surface area contributed by atoms with Gasteiger partial charge in [-0.3, -0.25) is 4.79 Å². The largest absolute Gasteiger partial charge is 0.494 e. The fourth-order valence-corrected chi connectivity index (χ4v) is 7.47. The first-order valence-corrected chi connectivity index (χ1v) is 14.8. The summed E-state index contributed by atoms with van der Waals surface area (Å²) in [5.74, 6) is 1.67. The summed E-state index contributed by atoms with van der Waals surface area (Å²) in [5.41, 5.74) is 2.10. The summed E-state index contributed by atoms with van der Waals surface area (Å²) in [6.07, 6.45) is 4.34. The summed E-state index contributed by atoms with van der Waals surface area (Å²) in [6, 6.07) is 17.6. The zero-order valence-electron chi connectivity index (χ0n) is 20.8. The molecule has 0 radical (unpaired) electrons. The van der Waals surface area contributed by atoms with Crippen LogP contribution in [0.1, 0.15) is 40.7 Å². The van der Waals surface area contributed by atoms with E-state index in [0.29, 0.717) is 44.4 Å². The zero-order valence-corrected chi connectivity index (χ0v) is 23.2. The van der Waals surface area contributed by atoms with Crippen molar-refractivity contribution in [2.45, 2.75) is 25.9 Å². The van der Waals surface area contributed by atoms with E-state index in [1.165, 1.54) is 13.3 Å². The van der Waals surface area contributed by atoms with Crippen LogP contribution in [0.5, 0.6) is 11.6 Å². The molecule has 7 nitrogen and oxygen atoms in total. The molecule has 0 atom stereocenters. The van der Waals surface area contributed by atoms with Gasteiger partial charge >= 0.3 is 0 Å². The van der Waals surface area contributed by atoms with Crippen LogP contribution in [0.15, 0.2) is 69.6 Å². The van der Waals surface area contributed by atoms with E-state index in [2.05, 4.69) is 49.7 Å². The number of halogens is 1. The van der Waals surface area contributed by atoms with Crippen LogP contribution >= 0.6 is 15.9 Å². The molecule has 192 valence electrons. The van der Waals surface area contributed by atoms with Crippen molar-refractivity contribution in [2.24, 2.45) is 11.4 Å². The SMILES string of the molecule is COc1ccc(C(=O)c2cnn(C)c2OCc2ccc3ccccc3c2)c(Br)c1N=S1(=O)CCCCC1. The van der Waals surface area contributed by atoms with Gasteiger partial charge in [-0.05, 0) is 63.3 Å². The highest BCUT2D eigenvalue weighted by Gasteiger charge is 2.25. The van der Waals surface area contributed by atoms with Crippen molar-refractivity contribution >= 4 is 47.9 Å². The third-order valence-electron chi connectivity index (χ3n) is 6.55. The molecule has 3 aromatic carbocycles. The number of rotatable bonds is 7. The second-order valence-electron chi connectivity index (χ2n) is 9.10. The molecule has 0 saturated carbocycles. The van der Waals surface area contributed by atoms with E-state index in [0.717, 1.165) is 35.6 Å². The van der Waals surface area contributed by atoms with Gasteiger partial charge in [0.2, 0.25) is 11.7 Å². The average molecular weight is 583 g/mol. The molecule has 1 fully saturated rings. The maximum absolute atomic E-state index is 13.7. The number of hydrogen-bond donors (Lipinski definition) is 0. The van der Waals surface area contributed by atoms with E-state index >= 15 is 0 Å². The molecule has 1 saturated heterocycles. The number of nitrogens with zero attached hydrogens (tertiary/aromatic N) is 3. The fraction of sp³-hybridized carbons (Fsp3) is 0.286. The van der Waals surface area contributed by atoms with Gasteiger partial charge in [0.05, 0.1) is 27.5 Å². The number of aryl methyl sites for hydroxylation is 1. The first-order valence-electron chi connectivity index (χ1n) is 12.1. The van der Waals surface area contributed by atoms with Gasteiger partial charge in [-0.25, -0.2) is 8.89 Å². The summed E-state index contributed by atoms with van der Waals surface area (Å²) in [7, 11) is 0.876. The Balaban J connectivity index is 1.46. The molecule has 1 aromatic heterocycles. The summed E-state index contributed by atoms with van der Waals surface area (Å²) in [4.78, 5) is 13.7. The Kier molecular flexibility index (Phi) is 7.35. The summed E-state index contributed by atoms with van der Waals surface area (Å²) >= 11 is 3.56. The van der Waals surface area contributed by atoms with Crippen LogP contribution in [0.25, 0.3) is 10.8 Å². The Labute approximate surface area is 225 Å². The number of methoxy groups -OCH3 is 1. The van der Waals surface area contributed by atoms with Crippen molar-refractivity contribution in [2.75, 3.05) is 18.6 Å². The quantitative estimate of drug-likeness (QED) is 0.234. The Bertz CT molecular complexity index is 1590. The molecule has 4 aromatic rings. The Morgan fingerprint density at radius 1 is 1.05 bits per heavy atom. The monoisotopic (exact) mass is 581 g/mol. The normalized spacial score (nSPS) is 14.9. The molecule has 2 heterocycles. The van der Waals surface area contributed by atoms with Gasteiger partial charge in [-0.1, -0.05) is 42.8 Å². The van der Waals surface area contributed by atoms with E-state index in [1.54, 1.807) is 23.9 Å². The Hall–Kier alpha value is -3.17. The first kappa shape index (κ1) is 25.5. The van der Waals surface area contributed by atoms with Gasteiger partial charge in [0, 0.05) is 24.1 Å². The van der Waals surface area contributed by atoms with Crippen LogP contribution in [-0.4, -0.2) is 38.4 Å². The molecule has 1 aliphatic rings. The van der Waals surface area contributed by atoms with E-state index < -0.39 is 9.73 Å². The van der Waals surface area contributed by atoms with E-state index in [9.17, 15) is 9.00 Å². The van der Waals surface area contributed by atoms with E-state index in [4.69, 9.17) is 9.47 Å². The smallest absolute Gasteiger partial charge is 0.223 e. The van der Waals surface area contributed by atoms with E-state index in [1.807, 2.05) is 18.2 Å². The minimum atomic E-state index is -2.40. The summed E-state index contributed by atoms with van der Waals surface area (Å²) in [5, 5.41) is 6.56. The molecule has 0 spiro atoms. The highest BCUT2D eigenvalue weighted by molar-refractivity contribution is 9.10. The second-order valence-corrected chi connectivity index (χ2v) is 12.4. The predicted octanol–water partition coefficient (Wildman–Crippen LogP) is 6.44. The maximum atomic E-state index is 13.7. The maximum Gasteiger partial charge on any atom is 0.223 e. The van der Waals surface area contributed by atoms with Crippen molar-refractivity contribution in [3.8, 4) is 11.6 Å². The number of aromatic nitrogens is 2. The molecule has 1 aliphatic heterocycles. The third-order valence-corrected chi connectivity index (χ3v) is 9.72. The molecule has 5 rings (SSSR count). The number of hydrogen-bond acceptors (Lipinski definition) is 6. The molecule has 0 bridgehead atoms. The van der Waals surface area contributed by atoms with Gasteiger partial charge in [-0.2, -0.15) is 9.46 Å². The van der Waals surface area contributed by atoms with Crippen LogP contribution in [0, 0.1) is 0 Å². The van der Waals surface area contributed by atoms with Crippen molar-refractivity contribution < 1.29 is 18.5 Å².